The van der Waals surface area contributed by atoms with Gasteiger partial charge in [0.2, 0.25) is 0 Å². The highest BCUT2D eigenvalue weighted by atomic mass is 19.4. The topological polar surface area (TPSA) is 27.1 Å². The minimum atomic E-state index is -4.51. The van der Waals surface area contributed by atoms with Crippen LogP contribution in [0.5, 0.6) is 5.75 Å². The van der Waals surface area contributed by atoms with Crippen molar-refractivity contribution < 1.29 is 22.3 Å². The molecule has 0 radical (unpaired) electrons. The Morgan fingerprint density at radius 3 is 2.47 bits per heavy atom. The zero-order valence-electron chi connectivity index (χ0n) is 15.8. The third-order valence-corrected chi connectivity index (χ3v) is 4.71. The Morgan fingerprint density at radius 1 is 0.900 bits per heavy atom. The van der Waals surface area contributed by atoms with Gasteiger partial charge in [0, 0.05) is 29.2 Å². The predicted molar refractivity (Wildman–Crippen MR) is 106 cm³/mol. The lowest BCUT2D eigenvalue weighted by molar-refractivity contribution is -0.137. The monoisotopic (exact) mass is 412 g/mol. The second kappa shape index (κ2) is 7.67. The summed E-state index contributed by atoms with van der Waals surface area (Å²) in [6, 6.07) is 16.5. The summed E-state index contributed by atoms with van der Waals surface area (Å²) in [5.74, 6) is 0.228. The summed E-state index contributed by atoms with van der Waals surface area (Å²) in [6.07, 6.45) is -1.48. The molecule has 0 atom stereocenters. The Kier molecular flexibility index (Phi) is 5.03. The number of benzene rings is 3. The predicted octanol–water partition coefficient (Wildman–Crippen LogP) is 6.37. The number of rotatable bonds is 4. The van der Waals surface area contributed by atoms with Crippen molar-refractivity contribution in [2.75, 3.05) is 7.11 Å². The average Bonchev–Trinajstić information content (AvgIpc) is 3.23. The highest BCUT2D eigenvalue weighted by molar-refractivity contribution is 5.73. The van der Waals surface area contributed by atoms with Crippen LogP contribution in [0.4, 0.5) is 17.6 Å². The van der Waals surface area contributed by atoms with Gasteiger partial charge < -0.3 is 4.74 Å². The van der Waals surface area contributed by atoms with Gasteiger partial charge in [-0.2, -0.15) is 13.2 Å². The summed E-state index contributed by atoms with van der Waals surface area (Å²) in [6.45, 7) is 0. The van der Waals surface area contributed by atoms with Gasteiger partial charge in [0.25, 0.3) is 0 Å². The van der Waals surface area contributed by atoms with Gasteiger partial charge in [0.1, 0.15) is 17.4 Å². The molecule has 4 rings (SSSR count). The minimum Gasteiger partial charge on any atom is -0.496 e. The molecule has 0 spiro atoms. The molecule has 0 aliphatic rings. The van der Waals surface area contributed by atoms with Gasteiger partial charge in [-0.05, 0) is 42.0 Å². The van der Waals surface area contributed by atoms with Crippen LogP contribution in [0.15, 0.2) is 79.1 Å². The maximum Gasteiger partial charge on any atom is 0.417 e. The molecule has 0 aliphatic carbocycles. The van der Waals surface area contributed by atoms with Gasteiger partial charge in [-0.25, -0.2) is 9.37 Å². The van der Waals surface area contributed by atoms with Crippen LogP contribution >= 0.6 is 0 Å². The molecule has 0 bridgehead atoms. The number of hydrogen-bond acceptors (Lipinski definition) is 2. The summed E-state index contributed by atoms with van der Waals surface area (Å²) in [4.78, 5) is 4.17. The lowest BCUT2D eigenvalue weighted by Crippen LogP contribution is -2.09. The summed E-state index contributed by atoms with van der Waals surface area (Å²) in [7, 11) is 1.49. The van der Waals surface area contributed by atoms with Crippen LogP contribution in [0, 0.1) is 5.82 Å². The van der Waals surface area contributed by atoms with Crippen molar-refractivity contribution in [3.05, 3.63) is 90.5 Å². The van der Waals surface area contributed by atoms with E-state index in [-0.39, 0.29) is 11.4 Å². The Labute approximate surface area is 170 Å². The maximum absolute atomic E-state index is 13.8. The standard InChI is InChI=1S/C23H16F4N2O/c1-30-21-10-9-16(24)14-19(21)15-5-4-6-17(13-15)29-12-11-28-22(29)18-7-2-3-8-20(18)23(25,26)27/h2-14H,1H3. The largest absolute Gasteiger partial charge is 0.496 e. The van der Waals surface area contributed by atoms with E-state index in [0.717, 1.165) is 6.07 Å². The number of hydrogen-bond donors (Lipinski definition) is 0. The smallest absolute Gasteiger partial charge is 0.417 e. The highest BCUT2D eigenvalue weighted by Gasteiger charge is 2.34. The van der Waals surface area contributed by atoms with Crippen LogP contribution in [0.25, 0.3) is 28.2 Å². The van der Waals surface area contributed by atoms with Crippen molar-refractivity contribution in [3.8, 4) is 34.0 Å². The lowest BCUT2D eigenvalue weighted by atomic mass is 10.0. The summed E-state index contributed by atoms with van der Waals surface area (Å²) in [5, 5.41) is 0. The van der Waals surface area contributed by atoms with E-state index < -0.39 is 17.6 Å². The summed E-state index contributed by atoms with van der Waals surface area (Å²) in [5.41, 5.74) is 0.997. The molecular weight excluding hydrogens is 396 g/mol. The number of alkyl halides is 3. The van der Waals surface area contributed by atoms with Crippen molar-refractivity contribution in [1.82, 2.24) is 9.55 Å². The molecule has 0 aliphatic heterocycles. The van der Waals surface area contributed by atoms with E-state index >= 15 is 0 Å². The third-order valence-electron chi connectivity index (χ3n) is 4.71. The van der Waals surface area contributed by atoms with E-state index in [2.05, 4.69) is 4.98 Å². The fourth-order valence-corrected chi connectivity index (χ4v) is 3.37. The number of nitrogens with zero attached hydrogens (tertiary/aromatic N) is 2. The van der Waals surface area contributed by atoms with Crippen molar-refractivity contribution in [2.24, 2.45) is 0 Å². The number of halogens is 4. The first kappa shape index (κ1) is 19.7. The molecule has 7 heteroatoms. The molecule has 0 saturated carbocycles. The third kappa shape index (κ3) is 3.66. The van der Waals surface area contributed by atoms with Gasteiger partial charge in [-0.15, -0.1) is 0 Å². The van der Waals surface area contributed by atoms with Gasteiger partial charge in [0.05, 0.1) is 12.7 Å². The molecule has 4 aromatic rings. The van der Waals surface area contributed by atoms with Crippen LogP contribution in [-0.4, -0.2) is 16.7 Å². The quantitative estimate of drug-likeness (QED) is 0.364. The second-order valence-corrected chi connectivity index (χ2v) is 6.56. The first-order valence-corrected chi connectivity index (χ1v) is 9.03. The molecule has 3 aromatic carbocycles. The zero-order chi connectivity index (χ0) is 21.3. The van der Waals surface area contributed by atoms with E-state index in [9.17, 15) is 17.6 Å². The molecular formula is C23H16F4N2O. The van der Waals surface area contributed by atoms with E-state index in [0.29, 0.717) is 22.6 Å². The fraction of sp³-hybridized carbons (Fsp3) is 0.0870. The van der Waals surface area contributed by atoms with Gasteiger partial charge in [0.15, 0.2) is 0 Å². The van der Waals surface area contributed by atoms with E-state index in [1.54, 1.807) is 35.0 Å². The molecule has 152 valence electrons. The first-order chi connectivity index (χ1) is 14.4. The number of methoxy groups -OCH3 is 1. The molecule has 0 saturated heterocycles. The van der Waals surface area contributed by atoms with Gasteiger partial charge in [-0.1, -0.05) is 30.3 Å². The minimum absolute atomic E-state index is 0.0243. The van der Waals surface area contributed by atoms with Crippen molar-refractivity contribution in [3.63, 3.8) is 0 Å². The Hall–Kier alpha value is -3.61. The molecule has 3 nitrogen and oxygen atoms in total. The van der Waals surface area contributed by atoms with Crippen molar-refractivity contribution >= 4 is 0 Å². The normalized spacial score (nSPS) is 11.5. The fourth-order valence-electron chi connectivity index (χ4n) is 3.37. The SMILES string of the molecule is COc1ccc(F)cc1-c1cccc(-n2ccnc2-c2ccccc2C(F)(F)F)c1. The van der Waals surface area contributed by atoms with Gasteiger partial charge in [-0.3, -0.25) is 4.57 Å². The van der Waals surface area contributed by atoms with Crippen LogP contribution in [0.3, 0.4) is 0 Å². The summed E-state index contributed by atoms with van der Waals surface area (Å²) < 4.78 is 61.2. The van der Waals surface area contributed by atoms with Crippen LogP contribution < -0.4 is 4.74 Å². The molecule has 0 fully saturated rings. The molecule has 0 N–H and O–H groups in total. The Morgan fingerprint density at radius 2 is 1.70 bits per heavy atom. The maximum atomic E-state index is 13.8. The Bertz CT molecular complexity index is 1200. The van der Waals surface area contributed by atoms with Crippen LogP contribution in [0.2, 0.25) is 0 Å². The van der Waals surface area contributed by atoms with E-state index in [4.69, 9.17) is 4.74 Å². The zero-order valence-corrected chi connectivity index (χ0v) is 15.8. The number of aromatic nitrogens is 2. The Balaban J connectivity index is 1.84. The molecule has 0 amide bonds. The number of ether oxygens (including phenoxy) is 1. The van der Waals surface area contributed by atoms with Crippen molar-refractivity contribution in [1.29, 1.82) is 0 Å². The van der Waals surface area contributed by atoms with Crippen LogP contribution in [-0.2, 0) is 6.18 Å². The molecule has 1 heterocycles. The highest BCUT2D eigenvalue weighted by Crippen LogP contribution is 2.37. The molecule has 1 aromatic heterocycles. The molecule has 0 unspecified atom stereocenters. The van der Waals surface area contributed by atoms with E-state index in [1.807, 2.05) is 0 Å². The summed E-state index contributed by atoms with van der Waals surface area (Å²) >= 11 is 0. The molecule has 30 heavy (non-hydrogen) atoms. The first-order valence-electron chi connectivity index (χ1n) is 9.03. The van der Waals surface area contributed by atoms with E-state index in [1.165, 1.54) is 49.7 Å². The average molecular weight is 412 g/mol. The van der Waals surface area contributed by atoms with Crippen molar-refractivity contribution in [2.45, 2.75) is 6.18 Å². The number of imidazole rings is 1. The van der Waals surface area contributed by atoms with Gasteiger partial charge >= 0.3 is 6.18 Å². The lowest BCUT2D eigenvalue weighted by Gasteiger charge is -2.15. The second-order valence-electron chi connectivity index (χ2n) is 6.56. The van der Waals surface area contributed by atoms with Crippen LogP contribution in [0.1, 0.15) is 5.56 Å².